The van der Waals surface area contributed by atoms with Gasteiger partial charge in [0, 0.05) is 12.6 Å². The maximum atomic E-state index is 12.8. The lowest BCUT2D eigenvalue weighted by atomic mass is 10.1. The van der Waals surface area contributed by atoms with Gasteiger partial charge in [-0.15, -0.1) is 0 Å². The molecule has 0 amide bonds. The molecule has 1 atom stereocenters. The van der Waals surface area contributed by atoms with Crippen LogP contribution < -0.4 is 5.32 Å². The van der Waals surface area contributed by atoms with Crippen LogP contribution in [0.15, 0.2) is 24.3 Å². The monoisotopic (exact) mass is 259 g/mol. The van der Waals surface area contributed by atoms with Crippen molar-refractivity contribution in [2.24, 2.45) is 0 Å². The fraction of sp³-hybridized carbons (Fsp3) is 0.571. The van der Waals surface area contributed by atoms with Crippen molar-refractivity contribution in [3.05, 3.63) is 35.4 Å². The summed E-state index contributed by atoms with van der Waals surface area (Å²) in [5, 5.41) is 3.20. The molecule has 0 aliphatic rings. The molecule has 0 heterocycles. The van der Waals surface area contributed by atoms with Crippen molar-refractivity contribution in [3.8, 4) is 0 Å². The number of halogens is 3. The molecule has 0 saturated heterocycles. The van der Waals surface area contributed by atoms with Crippen LogP contribution in [0.3, 0.4) is 0 Å². The Labute approximate surface area is 106 Å². The average molecular weight is 259 g/mol. The second-order valence-electron chi connectivity index (χ2n) is 4.43. The van der Waals surface area contributed by atoms with Crippen LogP contribution in [0.5, 0.6) is 0 Å². The molecule has 0 radical (unpaired) electrons. The highest BCUT2D eigenvalue weighted by Gasteiger charge is 2.32. The third-order valence-corrected chi connectivity index (χ3v) is 3.03. The van der Waals surface area contributed by atoms with E-state index in [0.717, 1.165) is 25.3 Å². The normalized spacial score (nSPS) is 13.6. The number of hydrogen-bond acceptors (Lipinski definition) is 1. The number of benzene rings is 1. The largest absolute Gasteiger partial charge is 0.416 e. The van der Waals surface area contributed by atoms with Crippen LogP contribution in [0.4, 0.5) is 13.2 Å². The van der Waals surface area contributed by atoms with Crippen molar-refractivity contribution in [2.45, 2.75) is 51.9 Å². The van der Waals surface area contributed by atoms with Gasteiger partial charge in [-0.3, -0.25) is 0 Å². The summed E-state index contributed by atoms with van der Waals surface area (Å²) < 4.78 is 38.3. The Bertz CT molecular complexity index is 360. The Kier molecular flexibility index (Phi) is 5.66. The van der Waals surface area contributed by atoms with Gasteiger partial charge in [-0.05, 0) is 24.5 Å². The molecule has 0 spiro atoms. The van der Waals surface area contributed by atoms with Gasteiger partial charge >= 0.3 is 6.18 Å². The second-order valence-corrected chi connectivity index (χ2v) is 4.43. The van der Waals surface area contributed by atoms with E-state index < -0.39 is 11.7 Å². The van der Waals surface area contributed by atoms with Crippen LogP contribution in [-0.4, -0.2) is 6.04 Å². The van der Waals surface area contributed by atoms with Gasteiger partial charge in [0.15, 0.2) is 0 Å². The zero-order chi connectivity index (χ0) is 13.6. The van der Waals surface area contributed by atoms with E-state index in [9.17, 15) is 13.2 Å². The minimum Gasteiger partial charge on any atom is -0.310 e. The van der Waals surface area contributed by atoms with Gasteiger partial charge in [-0.25, -0.2) is 0 Å². The molecule has 0 bridgehead atoms. The summed E-state index contributed by atoms with van der Waals surface area (Å²) in [6.07, 6.45) is -1.32. The molecule has 18 heavy (non-hydrogen) atoms. The van der Waals surface area contributed by atoms with E-state index >= 15 is 0 Å². The van der Waals surface area contributed by atoms with Crippen molar-refractivity contribution in [3.63, 3.8) is 0 Å². The first kappa shape index (κ1) is 15.0. The number of nitrogens with one attached hydrogen (secondary N) is 1. The van der Waals surface area contributed by atoms with E-state index in [1.54, 1.807) is 6.07 Å². The minimum atomic E-state index is -4.27. The van der Waals surface area contributed by atoms with E-state index in [4.69, 9.17) is 0 Å². The molecule has 1 N–H and O–H groups in total. The highest BCUT2D eigenvalue weighted by Crippen LogP contribution is 2.31. The molecule has 0 aliphatic carbocycles. The predicted octanol–water partition coefficient (Wildman–Crippen LogP) is 4.37. The van der Waals surface area contributed by atoms with Gasteiger partial charge in [0.25, 0.3) is 0 Å². The molecule has 0 fully saturated rings. The van der Waals surface area contributed by atoms with Crippen LogP contribution in [0.25, 0.3) is 0 Å². The van der Waals surface area contributed by atoms with Gasteiger partial charge in [-0.1, -0.05) is 38.5 Å². The zero-order valence-corrected chi connectivity index (χ0v) is 10.8. The summed E-state index contributed by atoms with van der Waals surface area (Å²) in [5.74, 6) is 0. The predicted molar refractivity (Wildman–Crippen MR) is 67.3 cm³/mol. The molecule has 4 heteroatoms. The molecule has 0 aromatic heterocycles. The van der Waals surface area contributed by atoms with Crippen molar-refractivity contribution < 1.29 is 13.2 Å². The van der Waals surface area contributed by atoms with E-state index in [-0.39, 0.29) is 12.6 Å². The fourth-order valence-electron chi connectivity index (χ4n) is 2.00. The quantitative estimate of drug-likeness (QED) is 0.799. The Morgan fingerprint density at radius 2 is 1.83 bits per heavy atom. The van der Waals surface area contributed by atoms with Crippen LogP contribution in [0, 0.1) is 0 Å². The lowest BCUT2D eigenvalue weighted by Crippen LogP contribution is -2.28. The summed E-state index contributed by atoms with van der Waals surface area (Å²) in [6.45, 7) is 4.39. The van der Waals surface area contributed by atoms with Crippen LogP contribution >= 0.6 is 0 Å². The highest BCUT2D eigenvalue weighted by atomic mass is 19.4. The smallest absolute Gasteiger partial charge is 0.310 e. The van der Waals surface area contributed by atoms with Crippen molar-refractivity contribution in [1.29, 1.82) is 0 Å². The standard InChI is InChI=1S/C14H20F3N/c1-3-7-12(4-2)18-10-11-8-5-6-9-13(11)14(15,16)17/h5-6,8-9,12,18H,3-4,7,10H2,1-2H3. The summed E-state index contributed by atoms with van der Waals surface area (Å²) in [6, 6.07) is 6.03. The molecule has 1 unspecified atom stereocenters. The van der Waals surface area contributed by atoms with Gasteiger partial charge in [0.05, 0.1) is 5.56 Å². The van der Waals surface area contributed by atoms with Crippen molar-refractivity contribution >= 4 is 0 Å². The Morgan fingerprint density at radius 3 is 2.39 bits per heavy atom. The van der Waals surface area contributed by atoms with Gasteiger partial charge in [0.2, 0.25) is 0 Å². The third kappa shape index (κ3) is 4.33. The summed E-state index contributed by atoms with van der Waals surface area (Å²) in [4.78, 5) is 0. The van der Waals surface area contributed by atoms with E-state index in [1.165, 1.54) is 12.1 Å². The lowest BCUT2D eigenvalue weighted by Gasteiger charge is -2.18. The van der Waals surface area contributed by atoms with E-state index in [0.29, 0.717) is 5.56 Å². The Hall–Kier alpha value is -1.03. The molecule has 0 saturated carbocycles. The Balaban J connectivity index is 2.73. The van der Waals surface area contributed by atoms with Crippen LogP contribution in [0.1, 0.15) is 44.2 Å². The maximum Gasteiger partial charge on any atom is 0.416 e. The first-order valence-corrected chi connectivity index (χ1v) is 6.37. The second kappa shape index (κ2) is 6.78. The first-order chi connectivity index (χ1) is 8.49. The average Bonchev–Trinajstić information content (AvgIpc) is 2.33. The van der Waals surface area contributed by atoms with Crippen molar-refractivity contribution in [2.75, 3.05) is 0 Å². The molecular weight excluding hydrogens is 239 g/mol. The SMILES string of the molecule is CCCC(CC)NCc1ccccc1C(F)(F)F. The number of hydrogen-bond donors (Lipinski definition) is 1. The molecule has 1 nitrogen and oxygen atoms in total. The van der Waals surface area contributed by atoms with Crippen LogP contribution in [0.2, 0.25) is 0 Å². The maximum absolute atomic E-state index is 12.8. The van der Waals surface area contributed by atoms with Gasteiger partial charge in [0.1, 0.15) is 0 Å². The summed E-state index contributed by atoms with van der Waals surface area (Å²) >= 11 is 0. The van der Waals surface area contributed by atoms with Gasteiger partial charge < -0.3 is 5.32 Å². The lowest BCUT2D eigenvalue weighted by molar-refractivity contribution is -0.138. The highest BCUT2D eigenvalue weighted by molar-refractivity contribution is 5.29. The van der Waals surface area contributed by atoms with E-state index in [1.807, 2.05) is 6.92 Å². The first-order valence-electron chi connectivity index (χ1n) is 6.37. The number of rotatable bonds is 6. The molecular formula is C14H20F3N. The zero-order valence-electron chi connectivity index (χ0n) is 10.8. The third-order valence-electron chi connectivity index (χ3n) is 3.03. The van der Waals surface area contributed by atoms with Crippen molar-refractivity contribution in [1.82, 2.24) is 5.32 Å². The van der Waals surface area contributed by atoms with Gasteiger partial charge in [-0.2, -0.15) is 13.2 Å². The summed E-state index contributed by atoms with van der Waals surface area (Å²) in [5.41, 5.74) is -0.219. The molecule has 0 aliphatic heterocycles. The fourth-order valence-corrected chi connectivity index (χ4v) is 2.00. The minimum absolute atomic E-state index is 0.272. The van der Waals surface area contributed by atoms with E-state index in [2.05, 4.69) is 12.2 Å². The number of alkyl halides is 3. The molecule has 102 valence electrons. The Morgan fingerprint density at radius 1 is 1.17 bits per heavy atom. The topological polar surface area (TPSA) is 12.0 Å². The summed E-state index contributed by atoms with van der Waals surface area (Å²) in [7, 11) is 0. The molecule has 1 rings (SSSR count). The molecule has 1 aromatic carbocycles. The molecule has 1 aromatic rings. The van der Waals surface area contributed by atoms with Crippen LogP contribution in [-0.2, 0) is 12.7 Å².